The normalized spacial score (nSPS) is 12.5. The number of allylic oxidation sites excluding steroid dienone is 2. The van der Waals surface area contributed by atoms with Crippen molar-refractivity contribution in [3.05, 3.63) is 12.2 Å². The zero-order valence-corrected chi connectivity index (χ0v) is 29.2. The number of esters is 2. The molecule has 0 amide bonds. The van der Waals surface area contributed by atoms with Gasteiger partial charge in [0.15, 0.2) is 6.10 Å². The lowest BCUT2D eigenvalue weighted by atomic mass is 10.1. The zero-order valence-electron chi connectivity index (χ0n) is 28.3. The molecule has 44 heavy (non-hydrogen) atoms. The second-order valence-electron chi connectivity index (χ2n) is 12.2. The summed E-state index contributed by atoms with van der Waals surface area (Å²) in [5.41, 5.74) is 0. The van der Waals surface area contributed by atoms with Gasteiger partial charge in [0.05, 0.1) is 6.61 Å². The average molecular weight is 647 g/mol. The standard InChI is InChI=1S/C35H67O8P/c1-3-5-7-9-11-13-15-16-17-18-20-21-23-25-27-29-34(36)41-31-33(32-42-44(38,39)40)43-35(37)30-28-26-24-22-19-14-12-10-8-6-4-2/h9,11,33H,3-8,10,12-32H2,1-2H3,(H2,38,39,40)/b11-9+/t33-/m1/s1. The number of rotatable bonds is 33. The van der Waals surface area contributed by atoms with Crippen LogP contribution in [-0.4, -0.2) is 41.0 Å². The van der Waals surface area contributed by atoms with Crippen LogP contribution in [0.3, 0.4) is 0 Å². The van der Waals surface area contributed by atoms with E-state index in [1.807, 2.05) is 0 Å². The van der Waals surface area contributed by atoms with Gasteiger partial charge in [-0.25, -0.2) is 4.57 Å². The largest absolute Gasteiger partial charge is 0.469 e. The van der Waals surface area contributed by atoms with Crippen LogP contribution >= 0.6 is 7.82 Å². The summed E-state index contributed by atoms with van der Waals surface area (Å²) in [4.78, 5) is 42.6. The molecule has 0 heterocycles. The zero-order chi connectivity index (χ0) is 32.6. The highest BCUT2D eigenvalue weighted by Crippen LogP contribution is 2.36. The average Bonchev–Trinajstić information content (AvgIpc) is 2.98. The van der Waals surface area contributed by atoms with E-state index in [0.717, 1.165) is 38.5 Å². The molecule has 0 aromatic heterocycles. The van der Waals surface area contributed by atoms with E-state index in [2.05, 4.69) is 30.5 Å². The number of phosphoric ester groups is 1. The molecule has 0 saturated carbocycles. The summed E-state index contributed by atoms with van der Waals surface area (Å²) in [6.07, 6.45) is 32.2. The minimum Gasteiger partial charge on any atom is -0.462 e. The molecule has 0 aliphatic rings. The van der Waals surface area contributed by atoms with E-state index < -0.39 is 32.5 Å². The van der Waals surface area contributed by atoms with Crippen LogP contribution in [0.1, 0.15) is 181 Å². The van der Waals surface area contributed by atoms with Crippen molar-refractivity contribution in [2.45, 2.75) is 187 Å². The predicted molar refractivity (Wildman–Crippen MR) is 179 cm³/mol. The van der Waals surface area contributed by atoms with Gasteiger partial charge in [-0.15, -0.1) is 0 Å². The van der Waals surface area contributed by atoms with Gasteiger partial charge in [-0.05, 0) is 32.1 Å². The summed E-state index contributed by atoms with van der Waals surface area (Å²) in [5, 5.41) is 0. The van der Waals surface area contributed by atoms with Crippen LogP contribution in [0, 0.1) is 0 Å². The lowest BCUT2D eigenvalue weighted by molar-refractivity contribution is -0.161. The van der Waals surface area contributed by atoms with Gasteiger partial charge in [0, 0.05) is 12.8 Å². The molecule has 0 radical (unpaired) electrons. The summed E-state index contributed by atoms with van der Waals surface area (Å²) in [6, 6.07) is 0. The van der Waals surface area contributed by atoms with Gasteiger partial charge in [0.1, 0.15) is 6.61 Å². The van der Waals surface area contributed by atoms with Gasteiger partial charge in [-0.3, -0.25) is 14.1 Å². The monoisotopic (exact) mass is 646 g/mol. The minimum absolute atomic E-state index is 0.216. The number of phosphoric acid groups is 1. The molecule has 0 aliphatic heterocycles. The van der Waals surface area contributed by atoms with Crippen LogP contribution in [-0.2, 0) is 28.2 Å². The van der Waals surface area contributed by atoms with E-state index in [4.69, 9.17) is 19.3 Å². The molecule has 1 atom stereocenters. The van der Waals surface area contributed by atoms with Gasteiger partial charge in [-0.2, -0.15) is 0 Å². The molecule has 2 N–H and O–H groups in total. The Kier molecular flexibility index (Phi) is 30.9. The molecule has 0 fully saturated rings. The van der Waals surface area contributed by atoms with Crippen molar-refractivity contribution in [3.8, 4) is 0 Å². The van der Waals surface area contributed by atoms with E-state index in [1.165, 1.54) is 109 Å². The Morgan fingerprint density at radius 3 is 1.45 bits per heavy atom. The molecule has 0 spiro atoms. The highest BCUT2D eigenvalue weighted by molar-refractivity contribution is 7.46. The maximum absolute atomic E-state index is 12.3. The second-order valence-corrected chi connectivity index (χ2v) is 13.4. The number of hydrogen-bond acceptors (Lipinski definition) is 6. The quantitative estimate of drug-likeness (QED) is 0.0313. The predicted octanol–water partition coefficient (Wildman–Crippen LogP) is 10.3. The minimum atomic E-state index is -4.74. The highest BCUT2D eigenvalue weighted by atomic mass is 31.2. The molecule has 0 rings (SSSR count). The number of unbranched alkanes of at least 4 members (excludes halogenated alkanes) is 21. The Bertz CT molecular complexity index is 736. The summed E-state index contributed by atoms with van der Waals surface area (Å²) in [6.45, 7) is 3.64. The van der Waals surface area contributed by atoms with Crippen molar-refractivity contribution in [2.24, 2.45) is 0 Å². The van der Waals surface area contributed by atoms with Crippen molar-refractivity contribution in [2.75, 3.05) is 13.2 Å². The van der Waals surface area contributed by atoms with Gasteiger partial charge >= 0.3 is 19.8 Å². The third-order valence-corrected chi connectivity index (χ3v) is 8.27. The molecule has 260 valence electrons. The second kappa shape index (κ2) is 31.8. The van der Waals surface area contributed by atoms with Crippen LogP contribution < -0.4 is 0 Å². The molecule has 0 aromatic rings. The number of hydrogen-bond donors (Lipinski definition) is 2. The Hall–Kier alpha value is -1.21. The topological polar surface area (TPSA) is 119 Å². The smallest absolute Gasteiger partial charge is 0.462 e. The molecule has 0 bridgehead atoms. The lowest BCUT2D eigenvalue weighted by Gasteiger charge is -2.18. The molecule has 0 saturated heterocycles. The van der Waals surface area contributed by atoms with Gasteiger partial charge < -0.3 is 19.3 Å². The van der Waals surface area contributed by atoms with Crippen molar-refractivity contribution in [1.82, 2.24) is 0 Å². The molecule has 0 unspecified atom stereocenters. The number of ether oxygens (including phenoxy) is 2. The first-order valence-corrected chi connectivity index (χ1v) is 19.5. The van der Waals surface area contributed by atoms with Crippen molar-refractivity contribution < 1.29 is 37.9 Å². The van der Waals surface area contributed by atoms with Crippen molar-refractivity contribution in [3.63, 3.8) is 0 Å². The number of carbonyl (C=O) groups excluding carboxylic acids is 2. The molecule has 0 aromatic carbocycles. The van der Waals surface area contributed by atoms with Gasteiger partial charge in [0.25, 0.3) is 0 Å². The first kappa shape index (κ1) is 42.8. The Morgan fingerprint density at radius 1 is 0.568 bits per heavy atom. The van der Waals surface area contributed by atoms with Gasteiger partial charge in [-0.1, -0.05) is 148 Å². The van der Waals surface area contributed by atoms with Gasteiger partial charge in [0.2, 0.25) is 0 Å². The van der Waals surface area contributed by atoms with Crippen LogP contribution in [0.5, 0.6) is 0 Å². The van der Waals surface area contributed by atoms with E-state index >= 15 is 0 Å². The highest BCUT2D eigenvalue weighted by Gasteiger charge is 2.22. The van der Waals surface area contributed by atoms with Crippen molar-refractivity contribution >= 4 is 19.8 Å². The third kappa shape index (κ3) is 33.7. The summed E-state index contributed by atoms with van der Waals surface area (Å²) >= 11 is 0. The van der Waals surface area contributed by atoms with Crippen LogP contribution in [0.4, 0.5) is 0 Å². The van der Waals surface area contributed by atoms with E-state index in [-0.39, 0.29) is 19.4 Å². The summed E-state index contributed by atoms with van der Waals surface area (Å²) < 4.78 is 26.2. The molecular weight excluding hydrogens is 579 g/mol. The maximum Gasteiger partial charge on any atom is 0.469 e. The summed E-state index contributed by atoms with van der Waals surface area (Å²) in [7, 11) is -4.74. The SMILES string of the molecule is CCCC/C=C/CCCCCCCCCCCC(=O)OC[C@H](COP(=O)(O)O)OC(=O)CCCCCCCCCCCCC. The Balaban J connectivity index is 3.95. The summed E-state index contributed by atoms with van der Waals surface area (Å²) in [5.74, 6) is -0.883. The Labute approximate surface area is 269 Å². The van der Waals surface area contributed by atoms with Crippen molar-refractivity contribution in [1.29, 1.82) is 0 Å². The first-order chi connectivity index (χ1) is 21.3. The van der Waals surface area contributed by atoms with E-state index in [9.17, 15) is 14.2 Å². The lowest BCUT2D eigenvalue weighted by Crippen LogP contribution is -2.29. The van der Waals surface area contributed by atoms with Crippen LogP contribution in [0.15, 0.2) is 12.2 Å². The van der Waals surface area contributed by atoms with E-state index in [1.54, 1.807) is 0 Å². The fraction of sp³-hybridized carbons (Fsp3) is 0.886. The maximum atomic E-state index is 12.3. The first-order valence-electron chi connectivity index (χ1n) is 18.0. The number of carbonyl (C=O) groups is 2. The van der Waals surface area contributed by atoms with Crippen LogP contribution in [0.2, 0.25) is 0 Å². The van der Waals surface area contributed by atoms with E-state index in [0.29, 0.717) is 6.42 Å². The molecule has 9 heteroatoms. The molecule has 0 aliphatic carbocycles. The fourth-order valence-electron chi connectivity index (χ4n) is 5.06. The third-order valence-electron chi connectivity index (χ3n) is 7.78. The van der Waals surface area contributed by atoms with Crippen LogP contribution in [0.25, 0.3) is 0 Å². The Morgan fingerprint density at radius 2 is 0.977 bits per heavy atom. The fourth-order valence-corrected chi connectivity index (χ4v) is 5.42. The molecular formula is C35H67O8P. The molecule has 8 nitrogen and oxygen atoms in total.